The Labute approximate surface area is 150 Å². The highest BCUT2D eigenvalue weighted by molar-refractivity contribution is 5.51. The lowest BCUT2D eigenvalue weighted by Crippen LogP contribution is -2.25. The number of hydrogen-bond donors (Lipinski definition) is 1. The molecule has 2 aromatic heterocycles. The van der Waals surface area contributed by atoms with E-state index in [9.17, 15) is 10.1 Å². The molecule has 0 aliphatic rings. The summed E-state index contributed by atoms with van der Waals surface area (Å²) in [6, 6.07) is 10.0. The summed E-state index contributed by atoms with van der Waals surface area (Å²) in [6.45, 7) is 4.53. The molecule has 0 saturated heterocycles. The van der Waals surface area contributed by atoms with Crippen molar-refractivity contribution < 1.29 is 9.45 Å². The molecule has 0 fully saturated rings. The van der Waals surface area contributed by atoms with Gasteiger partial charge in [0.2, 0.25) is 11.7 Å². The van der Waals surface area contributed by atoms with E-state index in [-0.39, 0.29) is 17.6 Å². The molecule has 26 heavy (non-hydrogen) atoms. The fourth-order valence-corrected chi connectivity index (χ4v) is 2.59. The van der Waals surface area contributed by atoms with Crippen LogP contribution in [0.1, 0.15) is 31.3 Å². The van der Waals surface area contributed by atoms with E-state index < -0.39 is 4.92 Å². The Morgan fingerprint density at radius 1 is 1.27 bits per heavy atom. The highest BCUT2D eigenvalue weighted by atomic mass is 16.6. The topological polar surface area (TPSA) is 107 Å². The van der Waals surface area contributed by atoms with Gasteiger partial charge in [0, 0.05) is 36.6 Å². The summed E-state index contributed by atoms with van der Waals surface area (Å²) in [5, 5.41) is 18.3. The Balaban J connectivity index is 1.75. The van der Waals surface area contributed by atoms with Gasteiger partial charge < -0.3 is 9.84 Å². The van der Waals surface area contributed by atoms with Crippen LogP contribution in [-0.4, -0.2) is 20.0 Å². The first kappa shape index (κ1) is 17.7. The number of non-ortho nitro benzene ring substituents is 1. The smallest absolute Gasteiger partial charge is 0.269 e. The maximum absolute atomic E-state index is 10.9. The number of aromatic nitrogens is 3. The number of nitrogens with zero attached hydrogens (tertiary/aromatic N) is 4. The molecule has 0 saturated carbocycles. The van der Waals surface area contributed by atoms with E-state index in [1.165, 1.54) is 6.07 Å². The van der Waals surface area contributed by atoms with Crippen LogP contribution in [0.25, 0.3) is 11.4 Å². The lowest BCUT2D eigenvalue weighted by molar-refractivity contribution is -0.384. The van der Waals surface area contributed by atoms with E-state index in [0.29, 0.717) is 18.3 Å². The van der Waals surface area contributed by atoms with Gasteiger partial charge in [0.15, 0.2) is 0 Å². The molecule has 0 aliphatic carbocycles. The van der Waals surface area contributed by atoms with Gasteiger partial charge in [-0.15, -0.1) is 0 Å². The minimum absolute atomic E-state index is 0.0713. The molecule has 0 amide bonds. The zero-order valence-corrected chi connectivity index (χ0v) is 14.5. The SMILES string of the molecule is CC(C)C(NCc1cccc([N+](=O)[O-])c1)c1nc(-c2cccnc2)no1. The first-order valence-corrected chi connectivity index (χ1v) is 8.25. The third kappa shape index (κ3) is 4.09. The maximum atomic E-state index is 10.9. The number of benzene rings is 1. The van der Waals surface area contributed by atoms with Crippen LogP contribution in [0.2, 0.25) is 0 Å². The molecule has 1 atom stereocenters. The molecule has 0 aliphatic heterocycles. The molecule has 8 heteroatoms. The summed E-state index contributed by atoms with van der Waals surface area (Å²) in [5.74, 6) is 1.15. The number of nitro groups is 1. The minimum atomic E-state index is -0.401. The van der Waals surface area contributed by atoms with Crippen molar-refractivity contribution in [3.05, 3.63) is 70.4 Å². The van der Waals surface area contributed by atoms with Crippen molar-refractivity contribution in [1.29, 1.82) is 0 Å². The molecule has 3 aromatic rings. The Hall–Kier alpha value is -3.13. The Bertz CT molecular complexity index is 879. The van der Waals surface area contributed by atoms with Gasteiger partial charge in [-0.3, -0.25) is 15.1 Å². The second kappa shape index (κ2) is 7.83. The van der Waals surface area contributed by atoms with Crippen LogP contribution >= 0.6 is 0 Å². The first-order chi connectivity index (χ1) is 12.5. The summed E-state index contributed by atoms with van der Waals surface area (Å²) >= 11 is 0. The zero-order valence-electron chi connectivity index (χ0n) is 14.5. The van der Waals surface area contributed by atoms with Gasteiger partial charge in [-0.25, -0.2) is 0 Å². The van der Waals surface area contributed by atoms with E-state index in [2.05, 4.69) is 20.4 Å². The molecule has 1 N–H and O–H groups in total. The number of nitrogens with one attached hydrogen (secondary N) is 1. The molecule has 2 heterocycles. The summed E-state index contributed by atoms with van der Waals surface area (Å²) in [4.78, 5) is 19.0. The molecule has 8 nitrogen and oxygen atoms in total. The van der Waals surface area contributed by atoms with Crippen LogP contribution < -0.4 is 5.32 Å². The number of hydrogen-bond acceptors (Lipinski definition) is 7. The normalized spacial score (nSPS) is 12.3. The minimum Gasteiger partial charge on any atom is -0.337 e. The number of pyridine rings is 1. The van der Waals surface area contributed by atoms with E-state index in [4.69, 9.17) is 4.52 Å². The fraction of sp³-hybridized carbons (Fsp3) is 0.278. The molecule has 3 rings (SSSR count). The molecule has 0 spiro atoms. The van der Waals surface area contributed by atoms with Gasteiger partial charge in [0.25, 0.3) is 5.69 Å². The predicted molar refractivity (Wildman–Crippen MR) is 95.0 cm³/mol. The zero-order chi connectivity index (χ0) is 18.5. The molecule has 0 radical (unpaired) electrons. The van der Waals surface area contributed by atoms with Gasteiger partial charge in [0.05, 0.1) is 11.0 Å². The van der Waals surface area contributed by atoms with Gasteiger partial charge in [-0.1, -0.05) is 31.1 Å². The third-order valence-corrected chi connectivity index (χ3v) is 3.94. The summed E-state index contributed by atoms with van der Waals surface area (Å²) in [7, 11) is 0. The van der Waals surface area contributed by atoms with Gasteiger partial charge >= 0.3 is 0 Å². The van der Waals surface area contributed by atoms with E-state index in [0.717, 1.165) is 11.1 Å². The third-order valence-electron chi connectivity index (χ3n) is 3.94. The summed E-state index contributed by atoms with van der Waals surface area (Å²) < 4.78 is 5.43. The fourth-order valence-electron chi connectivity index (χ4n) is 2.59. The Kier molecular flexibility index (Phi) is 5.33. The van der Waals surface area contributed by atoms with E-state index in [1.54, 1.807) is 24.5 Å². The second-order valence-corrected chi connectivity index (χ2v) is 6.23. The standard InChI is InChI=1S/C18H19N5O3/c1-12(2)16(20-10-13-5-3-7-15(9-13)23(24)25)18-21-17(22-26-18)14-6-4-8-19-11-14/h3-9,11-12,16,20H,10H2,1-2H3. The number of rotatable bonds is 7. The van der Waals surface area contributed by atoms with Gasteiger partial charge in [-0.05, 0) is 23.6 Å². The highest BCUT2D eigenvalue weighted by Crippen LogP contribution is 2.24. The average molecular weight is 353 g/mol. The van der Waals surface area contributed by atoms with E-state index >= 15 is 0 Å². The van der Waals surface area contributed by atoms with Gasteiger partial charge in [-0.2, -0.15) is 4.98 Å². The Morgan fingerprint density at radius 3 is 2.81 bits per heavy atom. The molecule has 134 valence electrons. The van der Waals surface area contributed by atoms with Crippen LogP contribution in [-0.2, 0) is 6.54 Å². The van der Waals surface area contributed by atoms with Crippen LogP contribution in [0.5, 0.6) is 0 Å². The summed E-state index contributed by atoms with van der Waals surface area (Å²) in [5.41, 5.74) is 1.67. The van der Waals surface area contributed by atoms with Crippen molar-refractivity contribution in [2.45, 2.75) is 26.4 Å². The van der Waals surface area contributed by atoms with Crippen molar-refractivity contribution in [2.24, 2.45) is 5.92 Å². The van der Waals surface area contributed by atoms with Crippen molar-refractivity contribution in [2.75, 3.05) is 0 Å². The van der Waals surface area contributed by atoms with Crippen LogP contribution in [0.15, 0.2) is 53.3 Å². The molecule has 1 aromatic carbocycles. The lowest BCUT2D eigenvalue weighted by Gasteiger charge is -2.18. The maximum Gasteiger partial charge on any atom is 0.269 e. The second-order valence-electron chi connectivity index (χ2n) is 6.23. The van der Waals surface area contributed by atoms with Crippen molar-refractivity contribution >= 4 is 5.69 Å². The van der Waals surface area contributed by atoms with Gasteiger partial charge in [0.1, 0.15) is 0 Å². The lowest BCUT2D eigenvalue weighted by atomic mass is 10.0. The van der Waals surface area contributed by atoms with Crippen molar-refractivity contribution in [1.82, 2.24) is 20.4 Å². The predicted octanol–water partition coefficient (Wildman–Crippen LogP) is 3.53. The molecule has 1 unspecified atom stereocenters. The summed E-state index contributed by atoms with van der Waals surface area (Å²) in [6.07, 6.45) is 3.36. The largest absolute Gasteiger partial charge is 0.337 e. The van der Waals surface area contributed by atoms with Crippen LogP contribution in [0.3, 0.4) is 0 Å². The van der Waals surface area contributed by atoms with Crippen molar-refractivity contribution in [3.63, 3.8) is 0 Å². The van der Waals surface area contributed by atoms with Crippen LogP contribution in [0.4, 0.5) is 5.69 Å². The van der Waals surface area contributed by atoms with Crippen LogP contribution in [0, 0.1) is 16.0 Å². The highest BCUT2D eigenvalue weighted by Gasteiger charge is 2.22. The quantitative estimate of drug-likeness (QED) is 0.511. The number of nitro benzene ring substituents is 1. The average Bonchev–Trinajstić information content (AvgIpc) is 3.12. The molecular formula is C18H19N5O3. The molecular weight excluding hydrogens is 334 g/mol. The van der Waals surface area contributed by atoms with Crippen molar-refractivity contribution in [3.8, 4) is 11.4 Å². The molecule has 0 bridgehead atoms. The Morgan fingerprint density at radius 2 is 2.12 bits per heavy atom. The van der Waals surface area contributed by atoms with E-state index in [1.807, 2.05) is 32.0 Å². The monoisotopic (exact) mass is 353 g/mol. The first-order valence-electron chi connectivity index (χ1n) is 8.25.